The number of aliphatic carboxylic acids is 1. The number of aromatic nitrogens is 1. The number of thiazole rings is 1. The average molecular weight is 490 g/mol. The number of carbonyl (C=O) groups excluding carboxylic acids is 4. The van der Waals surface area contributed by atoms with E-state index in [1.165, 1.54) is 29.3 Å². The van der Waals surface area contributed by atoms with Crippen LogP contribution in [0.2, 0.25) is 0 Å². The number of hydrogen-bond acceptors (Lipinski definition) is 12. The number of nitrogen functional groups attached to an aromatic ring is 1. The van der Waals surface area contributed by atoms with Crippen molar-refractivity contribution in [2.45, 2.75) is 11.4 Å². The Balaban J connectivity index is 0.00000363. The summed E-state index contributed by atoms with van der Waals surface area (Å²) in [4.78, 5) is 52.1. The third kappa shape index (κ3) is 5.24. The molecule has 0 bridgehead atoms. The Hall–Kier alpha value is -2.59. The van der Waals surface area contributed by atoms with Gasteiger partial charge in [-0.3, -0.25) is 14.5 Å². The number of amides is 3. The van der Waals surface area contributed by atoms with E-state index in [0.717, 1.165) is 16.2 Å². The fraction of sp³-hybridized carbons (Fsp3) is 0.250. The minimum absolute atomic E-state index is 0. The van der Waals surface area contributed by atoms with Crippen LogP contribution < -0.4 is 51.4 Å². The van der Waals surface area contributed by atoms with E-state index in [9.17, 15) is 24.3 Å². The minimum atomic E-state index is -1.57. The van der Waals surface area contributed by atoms with E-state index >= 15 is 0 Å². The van der Waals surface area contributed by atoms with Crippen LogP contribution in [0.3, 0.4) is 0 Å². The van der Waals surface area contributed by atoms with Crippen molar-refractivity contribution in [1.82, 2.24) is 15.2 Å². The van der Waals surface area contributed by atoms with Crippen LogP contribution in [0.4, 0.5) is 9.93 Å². The summed E-state index contributed by atoms with van der Waals surface area (Å²) in [5.41, 5.74) is 9.86. The van der Waals surface area contributed by atoms with Crippen molar-refractivity contribution in [3.63, 3.8) is 0 Å². The van der Waals surface area contributed by atoms with Gasteiger partial charge in [0.1, 0.15) is 23.7 Å². The van der Waals surface area contributed by atoms with E-state index in [-0.39, 0.29) is 64.0 Å². The number of carboxylic acids is 1. The molecular weight excluding hydrogens is 475 g/mol. The van der Waals surface area contributed by atoms with Gasteiger partial charge in [-0.25, -0.2) is 9.78 Å². The number of carboxylic acid groups (broad SMARTS) is 1. The van der Waals surface area contributed by atoms with Gasteiger partial charge in [-0.15, -0.1) is 23.1 Å². The van der Waals surface area contributed by atoms with Crippen molar-refractivity contribution in [3.05, 3.63) is 34.5 Å². The van der Waals surface area contributed by atoms with Crippen molar-refractivity contribution in [2.24, 2.45) is 10.9 Å². The van der Waals surface area contributed by atoms with Crippen LogP contribution in [-0.4, -0.2) is 68.5 Å². The summed E-state index contributed by atoms with van der Waals surface area (Å²) in [6, 6.07) is -1.05. The number of nitrogens with zero attached hydrogens (tertiary/aromatic N) is 3. The van der Waals surface area contributed by atoms with Gasteiger partial charge in [0.05, 0.1) is 11.7 Å². The molecule has 0 spiro atoms. The normalized spacial score (nSPS) is 20.3. The first kappa shape index (κ1) is 25.7. The molecule has 32 heavy (non-hydrogen) atoms. The van der Waals surface area contributed by atoms with Crippen LogP contribution in [0.25, 0.3) is 0 Å². The van der Waals surface area contributed by atoms with Gasteiger partial charge < -0.3 is 36.6 Å². The van der Waals surface area contributed by atoms with E-state index in [0.29, 0.717) is 0 Å². The molecule has 2 aliphatic heterocycles. The fourth-order valence-corrected chi connectivity index (χ4v) is 4.77. The summed E-state index contributed by atoms with van der Waals surface area (Å²) in [5.74, 6) is -2.95. The minimum Gasteiger partial charge on any atom is -0.543 e. The number of nitrogens with two attached hydrogens (primary N) is 2. The second kappa shape index (κ2) is 10.8. The average Bonchev–Trinajstić information content (AvgIpc) is 3.14. The number of nitrogens with one attached hydrogen (secondary N) is 1. The Kier molecular flexibility index (Phi) is 8.68. The van der Waals surface area contributed by atoms with Gasteiger partial charge in [-0.1, -0.05) is 11.2 Å². The van der Waals surface area contributed by atoms with Gasteiger partial charge in [0, 0.05) is 11.1 Å². The molecule has 1 fully saturated rings. The quantitative estimate of drug-likeness (QED) is 0.0938. The molecule has 0 aliphatic carbocycles. The number of ether oxygens (including phenoxy) is 1. The summed E-state index contributed by atoms with van der Waals surface area (Å²) in [6.45, 7) is -0.176. The molecule has 6 N–H and O–H groups in total. The molecule has 2 aliphatic rings. The van der Waals surface area contributed by atoms with Gasteiger partial charge in [0.25, 0.3) is 11.8 Å². The molecule has 3 heterocycles. The van der Waals surface area contributed by atoms with E-state index in [4.69, 9.17) is 16.7 Å². The van der Waals surface area contributed by atoms with Crippen molar-refractivity contribution in [2.75, 3.05) is 18.1 Å². The van der Waals surface area contributed by atoms with E-state index in [2.05, 4.69) is 20.2 Å². The van der Waals surface area contributed by atoms with Gasteiger partial charge in [0.2, 0.25) is 0 Å². The summed E-state index contributed by atoms with van der Waals surface area (Å²) in [6.07, 6.45) is 1.77. The first-order valence-corrected chi connectivity index (χ1v) is 10.4. The molecule has 2 atom stereocenters. The molecular formula is C16H15N6NaO7S2. The monoisotopic (exact) mass is 490 g/mol. The van der Waals surface area contributed by atoms with Crippen LogP contribution in [-0.2, 0) is 19.1 Å². The van der Waals surface area contributed by atoms with E-state index in [1.807, 2.05) is 0 Å². The number of β-lactam (4-membered cyclic amide) rings is 1. The number of hydrogen-bond donors (Lipinski definition) is 4. The first-order valence-electron chi connectivity index (χ1n) is 8.46. The maximum absolute atomic E-state index is 12.6. The van der Waals surface area contributed by atoms with Crippen LogP contribution in [0.15, 0.2) is 34.0 Å². The first-order chi connectivity index (χ1) is 14.7. The number of anilines is 1. The van der Waals surface area contributed by atoms with Gasteiger partial charge >= 0.3 is 35.7 Å². The largest absolute Gasteiger partial charge is 1.00 e. The molecule has 164 valence electrons. The second-order valence-corrected chi connectivity index (χ2v) is 8.07. The van der Waals surface area contributed by atoms with Crippen molar-refractivity contribution in [3.8, 4) is 0 Å². The zero-order valence-electron chi connectivity index (χ0n) is 16.5. The molecule has 13 nitrogen and oxygen atoms in total. The van der Waals surface area contributed by atoms with Crippen LogP contribution >= 0.6 is 23.1 Å². The molecule has 16 heteroatoms. The van der Waals surface area contributed by atoms with Crippen molar-refractivity contribution < 1.29 is 63.8 Å². The maximum Gasteiger partial charge on any atom is 1.00 e. The molecule has 1 saturated heterocycles. The third-order valence-corrected chi connectivity index (χ3v) is 6.17. The van der Waals surface area contributed by atoms with E-state index in [1.54, 1.807) is 0 Å². The SMILES string of the molecule is NC(=O)OC/C=C/C1=C(C(=O)[O-])N2C(=O)C(NC(=O)/C(=N\O)c3csc(N)n3)[C@H]2SC1.[Na+]. The molecule has 1 aromatic heterocycles. The second-order valence-electron chi connectivity index (χ2n) is 6.07. The molecule has 0 saturated carbocycles. The zero-order valence-corrected chi connectivity index (χ0v) is 20.1. The Morgan fingerprint density at radius 1 is 1.47 bits per heavy atom. The predicted octanol–water partition coefficient (Wildman–Crippen LogP) is -5.04. The number of rotatable bonds is 7. The van der Waals surface area contributed by atoms with Gasteiger partial charge in [-0.05, 0) is 11.6 Å². The number of oxime groups is 1. The number of fused-ring (bicyclic) bond motifs is 1. The molecule has 3 amide bonds. The van der Waals surface area contributed by atoms with Crippen molar-refractivity contribution in [1.29, 1.82) is 0 Å². The standard InChI is InChI=1S/C16H16N6O7S2.Na/c17-15-19-7(5-31-15)8(21-28)11(23)20-9-12(24)22-10(14(25)26)6(4-30-13(9)22)2-1-3-29-16(18)27;/h1-2,5,9,13,28H,3-4H2,(H2,17,19)(H2,18,27)(H,20,23)(H,25,26);/q;+1/p-1/b2-1+,21-8-;/t9?,13-;/m1./s1. The van der Waals surface area contributed by atoms with Crippen LogP contribution in [0.5, 0.6) is 0 Å². The predicted molar refractivity (Wildman–Crippen MR) is 107 cm³/mol. The molecule has 1 aromatic rings. The van der Waals surface area contributed by atoms with Crippen LogP contribution in [0.1, 0.15) is 5.69 Å². The Bertz CT molecular complexity index is 1040. The number of carbonyl (C=O) groups is 4. The summed E-state index contributed by atoms with van der Waals surface area (Å²) in [5, 5.41) is 27.0. The Labute approximate surface area is 210 Å². The Morgan fingerprint density at radius 3 is 2.75 bits per heavy atom. The summed E-state index contributed by atoms with van der Waals surface area (Å²) in [7, 11) is 0. The molecule has 0 radical (unpaired) electrons. The molecule has 0 aromatic carbocycles. The maximum atomic E-state index is 12.6. The summed E-state index contributed by atoms with van der Waals surface area (Å²) < 4.78 is 4.53. The smallest absolute Gasteiger partial charge is 0.543 e. The number of allylic oxidation sites excluding steroid dienone is 1. The van der Waals surface area contributed by atoms with E-state index < -0.39 is 41.0 Å². The van der Waals surface area contributed by atoms with Gasteiger partial charge in [0.15, 0.2) is 10.8 Å². The third-order valence-electron chi connectivity index (χ3n) is 4.20. The summed E-state index contributed by atoms with van der Waals surface area (Å²) >= 11 is 2.23. The topological polar surface area (TPSA) is 213 Å². The zero-order chi connectivity index (χ0) is 22.7. The number of primary amides is 1. The van der Waals surface area contributed by atoms with Crippen LogP contribution in [0, 0.1) is 0 Å². The number of thioether (sulfide) groups is 1. The van der Waals surface area contributed by atoms with Gasteiger partial charge in [-0.2, -0.15) is 0 Å². The molecule has 1 unspecified atom stereocenters. The molecule has 3 rings (SSSR count). The van der Waals surface area contributed by atoms with Crippen molar-refractivity contribution >= 4 is 57.8 Å². The fourth-order valence-electron chi connectivity index (χ4n) is 2.90. The Morgan fingerprint density at radius 2 is 2.19 bits per heavy atom.